The summed E-state index contributed by atoms with van der Waals surface area (Å²) in [6.45, 7) is 0.0112. The highest BCUT2D eigenvalue weighted by molar-refractivity contribution is 9.10. The maximum atomic E-state index is 6.03. The van der Waals surface area contributed by atoms with E-state index in [0.29, 0.717) is 0 Å². The molecule has 0 spiro atoms. The van der Waals surface area contributed by atoms with Gasteiger partial charge in [-0.25, -0.2) is 0 Å². The molecule has 0 fully saturated rings. The zero-order valence-electron chi connectivity index (χ0n) is 11.0. The molecular formula is C16H11BBrClN2. The van der Waals surface area contributed by atoms with Gasteiger partial charge in [0.15, 0.2) is 0 Å². The molecule has 21 heavy (non-hydrogen) atoms. The number of benzene rings is 3. The van der Waals surface area contributed by atoms with Crippen LogP contribution in [0.1, 0.15) is 0 Å². The van der Waals surface area contributed by atoms with Gasteiger partial charge in [0.05, 0.1) is 0 Å². The molecule has 0 saturated heterocycles. The third-order valence-corrected chi connectivity index (χ3v) is 4.70. The van der Waals surface area contributed by atoms with Crippen LogP contribution in [0.5, 0.6) is 0 Å². The number of halogens is 2. The van der Waals surface area contributed by atoms with Gasteiger partial charge >= 0.3 is 6.98 Å². The van der Waals surface area contributed by atoms with E-state index in [1.165, 1.54) is 10.8 Å². The van der Waals surface area contributed by atoms with Crippen molar-refractivity contribution in [1.29, 1.82) is 0 Å². The molecule has 0 amide bonds. The minimum Gasteiger partial charge on any atom is -0.405 e. The molecule has 0 bridgehead atoms. The zero-order chi connectivity index (χ0) is 14.4. The number of nitrogens with one attached hydrogen (secondary N) is 2. The Morgan fingerprint density at radius 1 is 0.905 bits per heavy atom. The van der Waals surface area contributed by atoms with Gasteiger partial charge < -0.3 is 10.5 Å². The van der Waals surface area contributed by atoms with Gasteiger partial charge in [0.25, 0.3) is 0 Å². The van der Waals surface area contributed by atoms with Crippen molar-refractivity contribution in [3.05, 3.63) is 64.1 Å². The summed E-state index contributed by atoms with van der Waals surface area (Å²) in [6, 6.07) is 18.5. The summed E-state index contributed by atoms with van der Waals surface area (Å²) in [4.78, 5) is 0. The number of anilines is 2. The molecule has 0 atom stereocenters. The predicted octanol–water partition coefficient (Wildman–Crippen LogP) is 4.49. The van der Waals surface area contributed by atoms with Gasteiger partial charge in [-0.3, -0.25) is 0 Å². The average Bonchev–Trinajstić information content (AvgIpc) is 2.47. The third-order valence-electron chi connectivity index (χ3n) is 3.78. The SMILES string of the molecule is Clc1ccc(B2Nc3cccc4cccc(c34)N2)c(Br)c1. The molecule has 1 aliphatic heterocycles. The van der Waals surface area contributed by atoms with E-state index in [9.17, 15) is 0 Å². The first-order valence-corrected chi connectivity index (χ1v) is 7.89. The highest BCUT2D eigenvalue weighted by Crippen LogP contribution is 2.34. The smallest absolute Gasteiger partial charge is 0.405 e. The lowest BCUT2D eigenvalue weighted by Gasteiger charge is -2.27. The highest BCUT2D eigenvalue weighted by Gasteiger charge is 2.26. The van der Waals surface area contributed by atoms with Crippen LogP contribution < -0.4 is 15.9 Å². The Hall–Kier alpha value is -1.65. The van der Waals surface area contributed by atoms with Crippen molar-refractivity contribution >= 4 is 62.1 Å². The van der Waals surface area contributed by atoms with E-state index in [1.54, 1.807) is 0 Å². The van der Waals surface area contributed by atoms with Crippen LogP contribution in [0.25, 0.3) is 10.8 Å². The van der Waals surface area contributed by atoms with Gasteiger partial charge in [-0.15, -0.1) is 0 Å². The number of hydrogen-bond acceptors (Lipinski definition) is 2. The van der Waals surface area contributed by atoms with Crippen molar-refractivity contribution in [3.8, 4) is 0 Å². The van der Waals surface area contributed by atoms with Crippen LogP contribution in [-0.4, -0.2) is 6.98 Å². The Morgan fingerprint density at radius 3 is 2.19 bits per heavy atom. The summed E-state index contributed by atoms with van der Waals surface area (Å²) in [7, 11) is 0. The van der Waals surface area contributed by atoms with Crippen molar-refractivity contribution in [2.75, 3.05) is 10.5 Å². The summed E-state index contributed by atoms with van der Waals surface area (Å²) in [5.74, 6) is 0. The van der Waals surface area contributed by atoms with Crippen molar-refractivity contribution in [3.63, 3.8) is 0 Å². The van der Waals surface area contributed by atoms with Crippen LogP contribution in [-0.2, 0) is 0 Å². The molecule has 0 radical (unpaired) electrons. The number of rotatable bonds is 1. The van der Waals surface area contributed by atoms with Gasteiger partial charge in [0, 0.05) is 26.3 Å². The minimum absolute atomic E-state index is 0.0112. The van der Waals surface area contributed by atoms with Gasteiger partial charge in [-0.05, 0) is 35.1 Å². The largest absolute Gasteiger partial charge is 0.407 e. The fourth-order valence-corrected chi connectivity index (χ4v) is 3.73. The summed E-state index contributed by atoms with van der Waals surface area (Å²) < 4.78 is 0.992. The Balaban J connectivity index is 1.83. The Bertz CT molecular complexity index is 812. The Morgan fingerprint density at radius 2 is 1.57 bits per heavy atom. The van der Waals surface area contributed by atoms with E-state index in [1.807, 2.05) is 18.2 Å². The highest BCUT2D eigenvalue weighted by atomic mass is 79.9. The molecule has 2 N–H and O–H groups in total. The first-order chi connectivity index (χ1) is 10.2. The van der Waals surface area contributed by atoms with E-state index < -0.39 is 0 Å². The van der Waals surface area contributed by atoms with Gasteiger partial charge in [0.1, 0.15) is 0 Å². The van der Waals surface area contributed by atoms with E-state index in [0.717, 1.165) is 26.3 Å². The zero-order valence-corrected chi connectivity index (χ0v) is 13.4. The number of hydrogen-bond donors (Lipinski definition) is 2. The molecule has 0 unspecified atom stereocenters. The standard InChI is InChI=1S/C16H11BBrClN2/c18-13-9-11(19)7-8-12(13)17-20-14-5-1-3-10-4-2-6-15(21-17)16(10)14/h1-9,20-21H. The van der Waals surface area contributed by atoms with Gasteiger partial charge in [-0.1, -0.05) is 57.9 Å². The van der Waals surface area contributed by atoms with Gasteiger partial charge in [-0.2, -0.15) is 0 Å². The average molecular weight is 357 g/mol. The normalized spacial score (nSPS) is 13.0. The third kappa shape index (κ3) is 2.19. The van der Waals surface area contributed by atoms with Crippen LogP contribution in [0.15, 0.2) is 59.1 Å². The maximum absolute atomic E-state index is 6.03. The van der Waals surface area contributed by atoms with Crippen molar-refractivity contribution in [2.24, 2.45) is 0 Å². The van der Waals surface area contributed by atoms with E-state index in [2.05, 4.69) is 62.8 Å². The molecule has 102 valence electrons. The molecule has 3 aromatic rings. The van der Waals surface area contributed by atoms with Crippen molar-refractivity contribution in [1.82, 2.24) is 0 Å². The topological polar surface area (TPSA) is 24.1 Å². The summed E-state index contributed by atoms with van der Waals surface area (Å²) in [6.07, 6.45) is 0. The lowest BCUT2D eigenvalue weighted by atomic mass is 9.66. The molecule has 3 aromatic carbocycles. The van der Waals surface area contributed by atoms with Crippen LogP contribution in [0, 0.1) is 0 Å². The van der Waals surface area contributed by atoms with E-state index in [4.69, 9.17) is 11.6 Å². The van der Waals surface area contributed by atoms with Crippen LogP contribution in [0.2, 0.25) is 5.02 Å². The molecule has 4 rings (SSSR count). The molecule has 5 heteroatoms. The van der Waals surface area contributed by atoms with Crippen molar-refractivity contribution in [2.45, 2.75) is 0 Å². The molecule has 0 aliphatic carbocycles. The molecule has 1 aliphatic rings. The predicted molar refractivity (Wildman–Crippen MR) is 95.7 cm³/mol. The van der Waals surface area contributed by atoms with Crippen LogP contribution in [0.3, 0.4) is 0 Å². The second-order valence-corrected chi connectivity index (χ2v) is 6.39. The quantitative estimate of drug-likeness (QED) is 0.627. The molecule has 0 saturated carbocycles. The van der Waals surface area contributed by atoms with Crippen molar-refractivity contribution < 1.29 is 0 Å². The molecule has 2 nitrogen and oxygen atoms in total. The fraction of sp³-hybridized carbons (Fsp3) is 0. The first-order valence-electron chi connectivity index (χ1n) is 6.72. The van der Waals surface area contributed by atoms with Gasteiger partial charge in [0.2, 0.25) is 0 Å². The summed E-state index contributed by atoms with van der Waals surface area (Å²) in [5, 5.41) is 10.3. The maximum Gasteiger partial charge on any atom is 0.407 e. The summed E-state index contributed by atoms with van der Waals surface area (Å²) in [5.41, 5.74) is 3.42. The van der Waals surface area contributed by atoms with Crippen LogP contribution >= 0.6 is 27.5 Å². The van der Waals surface area contributed by atoms with E-state index in [-0.39, 0.29) is 6.98 Å². The molecule has 1 heterocycles. The second-order valence-electron chi connectivity index (χ2n) is 5.10. The monoisotopic (exact) mass is 356 g/mol. The summed E-state index contributed by atoms with van der Waals surface area (Å²) >= 11 is 9.63. The second kappa shape index (κ2) is 4.97. The molecule has 0 aromatic heterocycles. The fourth-order valence-electron chi connectivity index (χ4n) is 2.82. The Labute approximate surface area is 136 Å². The Kier molecular flexibility index (Phi) is 3.09. The van der Waals surface area contributed by atoms with E-state index >= 15 is 0 Å². The lowest BCUT2D eigenvalue weighted by molar-refractivity contribution is 1.59. The van der Waals surface area contributed by atoms with Crippen LogP contribution in [0.4, 0.5) is 11.4 Å². The lowest BCUT2D eigenvalue weighted by Crippen LogP contribution is -2.48. The first kappa shape index (κ1) is 13.0. The minimum atomic E-state index is 0.0112. The molecular weight excluding hydrogens is 346 g/mol.